The summed E-state index contributed by atoms with van der Waals surface area (Å²) in [5.41, 5.74) is 2.42. The van der Waals surface area contributed by atoms with Gasteiger partial charge in [0.05, 0.1) is 43.8 Å². The summed E-state index contributed by atoms with van der Waals surface area (Å²) in [5, 5.41) is 15.9. The van der Waals surface area contributed by atoms with Gasteiger partial charge in [0, 0.05) is 29.6 Å². The van der Waals surface area contributed by atoms with Crippen molar-refractivity contribution in [2.75, 3.05) is 38.2 Å². The maximum atomic E-state index is 14.8. The molecule has 162 valence electrons. The highest BCUT2D eigenvalue weighted by Crippen LogP contribution is 2.51. The molecule has 2 aliphatic heterocycles. The van der Waals surface area contributed by atoms with Crippen LogP contribution in [0.5, 0.6) is 0 Å². The molecule has 1 fully saturated rings. The summed E-state index contributed by atoms with van der Waals surface area (Å²) in [7, 11) is 0. The zero-order valence-corrected chi connectivity index (χ0v) is 17.6. The van der Waals surface area contributed by atoms with Crippen LogP contribution in [0.3, 0.4) is 0 Å². The number of hydrogen-bond acceptors (Lipinski definition) is 5. The Kier molecular flexibility index (Phi) is 7.23. The lowest BCUT2D eigenvalue weighted by Crippen LogP contribution is -2.42. The molecule has 0 unspecified atom stereocenters. The van der Waals surface area contributed by atoms with Crippen LogP contribution in [-0.4, -0.2) is 44.1 Å². The predicted molar refractivity (Wildman–Crippen MR) is 115 cm³/mol. The molecule has 4 atom stereocenters. The van der Waals surface area contributed by atoms with Gasteiger partial charge in [-0.2, -0.15) is 0 Å². The Hall–Kier alpha value is -1.70. The van der Waals surface area contributed by atoms with E-state index in [2.05, 4.69) is 22.8 Å². The molecule has 7 heteroatoms. The first-order valence-electron chi connectivity index (χ1n) is 10.5. The minimum Gasteiger partial charge on any atom is -0.394 e. The predicted octanol–water partition coefficient (Wildman–Crippen LogP) is 4.08. The fourth-order valence-electron chi connectivity index (χ4n) is 4.50. The third kappa shape index (κ3) is 4.79. The normalized spacial score (nSPS) is 25.3. The zero-order chi connectivity index (χ0) is 20.9. The van der Waals surface area contributed by atoms with Gasteiger partial charge in [-0.15, -0.1) is 0 Å². The van der Waals surface area contributed by atoms with Crippen LogP contribution in [0.25, 0.3) is 0 Å². The van der Waals surface area contributed by atoms with Gasteiger partial charge in [0.25, 0.3) is 0 Å². The number of hydrogen-bond donors (Lipinski definition) is 3. The molecular formula is C23H28ClFN2O3. The number of benzene rings is 2. The van der Waals surface area contributed by atoms with Crippen LogP contribution >= 0.6 is 11.6 Å². The van der Waals surface area contributed by atoms with Crippen LogP contribution in [0.2, 0.25) is 5.02 Å². The quantitative estimate of drug-likeness (QED) is 0.546. The molecule has 2 heterocycles. The van der Waals surface area contributed by atoms with Crippen molar-refractivity contribution < 1.29 is 19.0 Å². The molecule has 0 aromatic heterocycles. The van der Waals surface area contributed by atoms with Gasteiger partial charge in [0.15, 0.2) is 0 Å². The molecule has 4 rings (SSSR count). The number of halogens is 2. The van der Waals surface area contributed by atoms with Crippen molar-refractivity contribution in [1.82, 2.24) is 5.32 Å². The second-order valence-electron chi connectivity index (χ2n) is 7.84. The first-order valence-corrected chi connectivity index (χ1v) is 10.9. The lowest BCUT2D eigenvalue weighted by atomic mass is 9.76. The van der Waals surface area contributed by atoms with Gasteiger partial charge < -0.3 is 25.2 Å². The first-order chi connectivity index (χ1) is 14.7. The van der Waals surface area contributed by atoms with Crippen molar-refractivity contribution in [3.8, 4) is 0 Å². The second-order valence-corrected chi connectivity index (χ2v) is 8.28. The Balaban J connectivity index is 1.51. The first kappa shape index (κ1) is 21.5. The molecule has 2 aromatic carbocycles. The largest absolute Gasteiger partial charge is 0.394 e. The summed E-state index contributed by atoms with van der Waals surface area (Å²) < 4.78 is 26.6. The van der Waals surface area contributed by atoms with Gasteiger partial charge in [0.2, 0.25) is 0 Å². The van der Waals surface area contributed by atoms with Gasteiger partial charge in [-0.1, -0.05) is 41.9 Å². The fourth-order valence-corrected chi connectivity index (χ4v) is 4.71. The van der Waals surface area contributed by atoms with E-state index in [0.717, 1.165) is 24.0 Å². The number of rotatable bonds is 8. The van der Waals surface area contributed by atoms with Crippen molar-refractivity contribution in [1.29, 1.82) is 0 Å². The highest BCUT2D eigenvalue weighted by molar-refractivity contribution is 6.30. The maximum Gasteiger partial charge on any atom is 0.148 e. The van der Waals surface area contributed by atoms with Crippen LogP contribution in [0.4, 0.5) is 10.1 Å². The molecule has 0 aliphatic carbocycles. The minimum atomic E-state index is -0.346. The molecule has 0 bridgehead atoms. The average Bonchev–Trinajstić information content (AvgIpc) is 2.76. The highest BCUT2D eigenvalue weighted by Gasteiger charge is 2.43. The van der Waals surface area contributed by atoms with Crippen LogP contribution in [0.15, 0.2) is 42.5 Å². The van der Waals surface area contributed by atoms with E-state index in [4.69, 9.17) is 26.2 Å². The average molecular weight is 435 g/mol. The lowest BCUT2D eigenvalue weighted by molar-refractivity contribution is -0.0919. The Bertz CT molecular complexity index is 839. The standard InChI is InChI=1S/C23H28ClFN2O3/c24-16-12-19-22(20(25)13-16)27-21(15-4-2-1-3-5-15)18-7-6-17(30-23(18)19)14-26-8-10-29-11-9-28/h1-5,12-13,17-18,21,23,26-28H,6-11,14H2/t17-,18+,21+,23+/m1/s1. The summed E-state index contributed by atoms with van der Waals surface area (Å²) in [6, 6.07) is 13.3. The Morgan fingerprint density at radius 2 is 2.03 bits per heavy atom. The number of anilines is 1. The van der Waals surface area contributed by atoms with E-state index < -0.39 is 0 Å². The van der Waals surface area contributed by atoms with E-state index in [-0.39, 0.29) is 36.6 Å². The van der Waals surface area contributed by atoms with E-state index in [1.807, 2.05) is 24.3 Å². The zero-order valence-electron chi connectivity index (χ0n) is 16.8. The van der Waals surface area contributed by atoms with Crippen LogP contribution in [0, 0.1) is 11.7 Å². The third-order valence-corrected chi connectivity index (χ3v) is 6.08. The number of aliphatic hydroxyl groups is 1. The second kappa shape index (κ2) is 10.1. The van der Waals surface area contributed by atoms with E-state index in [9.17, 15) is 4.39 Å². The van der Waals surface area contributed by atoms with Gasteiger partial charge >= 0.3 is 0 Å². The fraction of sp³-hybridized carbons (Fsp3) is 0.478. The van der Waals surface area contributed by atoms with E-state index in [1.165, 1.54) is 6.07 Å². The van der Waals surface area contributed by atoms with E-state index in [1.54, 1.807) is 0 Å². The molecule has 3 N–H and O–H groups in total. The summed E-state index contributed by atoms with van der Waals surface area (Å²) in [6.45, 7) is 2.32. The van der Waals surface area contributed by atoms with Crippen LogP contribution in [0.1, 0.15) is 36.1 Å². The molecular weight excluding hydrogens is 407 g/mol. The van der Waals surface area contributed by atoms with E-state index >= 15 is 0 Å². The number of ether oxygens (including phenoxy) is 2. The van der Waals surface area contributed by atoms with Gasteiger partial charge in [-0.3, -0.25) is 0 Å². The van der Waals surface area contributed by atoms with Crippen molar-refractivity contribution in [2.24, 2.45) is 5.92 Å². The topological polar surface area (TPSA) is 62.8 Å². The van der Waals surface area contributed by atoms with Gasteiger partial charge in [0.1, 0.15) is 5.82 Å². The highest BCUT2D eigenvalue weighted by atomic mass is 35.5. The molecule has 0 saturated carbocycles. The van der Waals surface area contributed by atoms with E-state index in [0.29, 0.717) is 37.0 Å². The Morgan fingerprint density at radius 3 is 2.83 bits per heavy atom. The Morgan fingerprint density at radius 1 is 1.20 bits per heavy atom. The number of fused-ring (bicyclic) bond motifs is 3. The third-order valence-electron chi connectivity index (χ3n) is 5.86. The molecule has 0 amide bonds. The molecule has 2 aliphatic rings. The number of nitrogens with one attached hydrogen (secondary N) is 2. The molecule has 0 radical (unpaired) electrons. The molecule has 30 heavy (non-hydrogen) atoms. The van der Waals surface area contributed by atoms with Crippen molar-refractivity contribution in [3.05, 3.63) is 64.4 Å². The van der Waals surface area contributed by atoms with Gasteiger partial charge in [-0.05, 0) is 30.5 Å². The van der Waals surface area contributed by atoms with Crippen molar-refractivity contribution in [2.45, 2.75) is 31.1 Å². The van der Waals surface area contributed by atoms with Gasteiger partial charge in [-0.25, -0.2) is 4.39 Å². The summed E-state index contributed by atoms with van der Waals surface area (Å²) in [6.07, 6.45) is 1.71. The van der Waals surface area contributed by atoms with Crippen LogP contribution in [-0.2, 0) is 9.47 Å². The monoisotopic (exact) mass is 434 g/mol. The Labute approximate surface area is 181 Å². The minimum absolute atomic E-state index is 0.0137. The molecule has 5 nitrogen and oxygen atoms in total. The lowest BCUT2D eigenvalue weighted by Gasteiger charge is -2.45. The summed E-state index contributed by atoms with van der Waals surface area (Å²) >= 11 is 6.18. The molecule has 1 saturated heterocycles. The summed E-state index contributed by atoms with van der Waals surface area (Å²) in [5.74, 6) is -0.149. The van der Waals surface area contributed by atoms with Crippen LogP contribution < -0.4 is 10.6 Å². The molecule has 0 spiro atoms. The number of aliphatic hydroxyl groups excluding tert-OH is 1. The molecule has 2 aromatic rings. The smallest absolute Gasteiger partial charge is 0.148 e. The summed E-state index contributed by atoms with van der Waals surface area (Å²) in [4.78, 5) is 0. The SMILES string of the molecule is OCCOCCNC[C@H]1CC[C@@H]2[C@H](O1)c1cc(Cl)cc(F)c1N[C@H]2c1ccccc1. The van der Waals surface area contributed by atoms with Crippen molar-refractivity contribution >= 4 is 17.3 Å². The maximum absolute atomic E-state index is 14.8. The van der Waals surface area contributed by atoms with Crippen molar-refractivity contribution in [3.63, 3.8) is 0 Å².